The van der Waals surface area contributed by atoms with Gasteiger partial charge in [-0.15, -0.1) is 0 Å². The highest BCUT2D eigenvalue weighted by Gasteiger charge is 2.34. The second-order valence-electron chi connectivity index (χ2n) is 9.48. The number of aromatic nitrogens is 3. The fraction of sp³-hybridized carbons (Fsp3) is 0.407. The molecule has 8 nitrogen and oxygen atoms in total. The number of hydrogen-bond donors (Lipinski definition) is 2. The van der Waals surface area contributed by atoms with Crippen molar-refractivity contribution in [1.29, 1.82) is 0 Å². The van der Waals surface area contributed by atoms with Crippen LogP contribution in [-0.4, -0.2) is 40.7 Å². The van der Waals surface area contributed by atoms with Gasteiger partial charge in [0.05, 0.1) is 17.9 Å². The molecule has 1 fully saturated rings. The summed E-state index contributed by atoms with van der Waals surface area (Å²) in [5, 5.41) is 2.68. The Kier molecular flexibility index (Phi) is 8.45. The summed E-state index contributed by atoms with van der Waals surface area (Å²) in [4.78, 5) is 35.4. The van der Waals surface area contributed by atoms with Gasteiger partial charge in [-0.25, -0.2) is 9.97 Å². The Morgan fingerprint density at radius 1 is 1.18 bits per heavy atom. The van der Waals surface area contributed by atoms with Crippen LogP contribution in [0.15, 0.2) is 47.4 Å². The van der Waals surface area contributed by atoms with Crippen LogP contribution in [-0.2, 0) is 22.3 Å². The second-order valence-corrected chi connectivity index (χ2v) is 9.48. The number of pyridine rings is 1. The van der Waals surface area contributed by atoms with Crippen LogP contribution in [0, 0.1) is 11.8 Å². The molecule has 2 aromatic heterocycles. The van der Waals surface area contributed by atoms with E-state index in [1.807, 2.05) is 0 Å². The molecule has 0 bridgehead atoms. The predicted molar refractivity (Wildman–Crippen MR) is 134 cm³/mol. The number of benzene rings is 1. The molecular weight excluding hydrogens is 501 g/mol. The van der Waals surface area contributed by atoms with Crippen LogP contribution in [0.4, 0.5) is 13.2 Å². The van der Waals surface area contributed by atoms with Gasteiger partial charge in [-0.2, -0.15) is 13.2 Å². The third kappa shape index (κ3) is 6.97. The van der Waals surface area contributed by atoms with Gasteiger partial charge >= 0.3 is 6.18 Å². The van der Waals surface area contributed by atoms with E-state index < -0.39 is 17.3 Å². The van der Waals surface area contributed by atoms with E-state index in [4.69, 9.17) is 9.47 Å². The van der Waals surface area contributed by atoms with Gasteiger partial charge in [0.2, 0.25) is 11.8 Å². The van der Waals surface area contributed by atoms with Crippen LogP contribution >= 0.6 is 0 Å². The Bertz CT molecular complexity index is 1320. The molecule has 0 saturated carbocycles. The van der Waals surface area contributed by atoms with Crippen LogP contribution in [0.3, 0.4) is 0 Å². The van der Waals surface area contributed by atoms with E-state index in [1.54, 1.807) is 26.0 Å². The SMILES string of the molecule is CC(C)C(=O)NCc1ccc(C(F)(F)F)c(-c2nc(-c3ccc(OCC4CCOCC4)nc3)cc(=O)[nH]2)c1. The second kappa shape index (κ2) is 11.8. The van der Waals surface area contributed by atoms with Crippen molar-refractivity contribution in [3.63, 3.8) is 0 Å². The Hall–Kier alpha value is -3.73. The standard InChI is InChI=1S/C27H29F3N4O4/c1-16(2)26(36)32-13-18-3-5-21(27(28,29)30)20(11-18)25-33-22(12-23(35)34-25)19-4-6-24(31-14-19)38-15-17-7-9-37-10-8-17/h3-6,11-12,14,16-17H,7-10,13,15H2,1-2H3,(H,32,36)(H,33,34,35). The highest BCUT2D eigenvalue weighted by atomic mass is 19.4. The number of H-pyrrole nitrogens is 1. The molecule has 4 rings (SSSR count). The van der Waals surface area contributed by atoms with Gasteiger partial charge in [-0.1, -0.05) is 19.9 Å². The first-order chi connectivity index (χ1) is 18.1. The smallest absolute Gasteiger partial charge is 0.417 e. The number of amides is 1. The average molecular weight is 531 g/mol. The summed E-state index contributed by atoms with van der Waals surface area (Å²) in [6, 6.07) is 7.97. The average Bonchev–Trinajstić information content (AvgIpc) is 2.90. The minimum atomic E-state index is -4.69. The van der Waals surface area contributed by atoms with Crippen LogP contribution in [0.5, 0.6) is 5.88 Å². The molecule has 2 N–H and O–H groups in total. The van der Waals surface area contributed by atoms with Gasteiger partial charge in [0, 0.05) is 55.1 Å². The summed E-state index contributed by atoms with van der Waals surface area (Å²) in [7, 11) is 0. The molecule has 3 heterocycles. The zero-order valence-electron chi connectivity index (χ0n) is 21.1. The summed E-state index contributed by atoms with van der Waals surface area (Å²) in [6.07, 6.45) is -1.38. The van der Waals surface area contributed by atoms with Crippen molar-refractivity contribution in [2.75, 3.05) is 19.8 Å². The van der Waals surface area contributed by atoms with Crippen molar-refractivity contribution >= 4 is 5.91 Å². The van der Waals surface area contributed by atoms with E-state index in [0.717, 1.165) is 18.9 Å². The molecule has 11 heteroatoms. The van der Waals surface area contributed by atoms with Crippen LogP contribution in [0.1, 0.15) is 37.8 Å². The highest BCUT2D eigenvalue weighted by molar-refractivity contribution is 5.78. The maximum atomic E-state index is 13.8. The van der Waals surface area contributed by atoms with Crippen LogP contribution < -0.4 is 15.6 Å². The van der Waals surface area contributed by atoms with Crippen molar-refractivity contribution in [1.82, 2.24) is 20.3 Å². The summed E-state index contributed by atoms with van der Waals surface area (Å²) >= 11 is 0. The normalized spacial score (nSPS) is 14.5. The zero-order valence-corrected chi connectivity index (χ0v) is 21.1. The first-order valence-electron chi connectivity index (χ1n) is 12.4. The lowest BCUT2D eigenvalue weighted by Crippen LogP contribution is -2.27. The van der Waals surface area contributed by atoms with Gasteiger partial charge in [-0.05, 0) is 42.5 Å². The number of hydrogen-bond acceptors (Lipinski definition) is 6. The Balaban J connectivity index is 1.60. The van der Waals surface area contributed by atoms with Crippen LogP contribution in [0.25, 0.3) is 22.6 Å². The number of carbonyl (C=O) groups excluding carboxylic acids is 1. The first kappa shape index (κ1) is 27.3. The lowest BCUT2D eigenvalue weighted by molar-refractivity contribution is -0.137. The minimum absolute atomic E-state index is 0.0331. The topological polar surface area (TPSA) is 106 Å². The Labute approximate surface area is 217 Å². The summed E-state index contributed by atoms with van der Waals surface area (Å²) in [5.41, 5.74) is -0.813. The third-order valence-electron chi connectivity index (χ3n) is 6.22. The lowest BCUT2D eigenvalue weighted by atomic mass is 10.0. The van der Waals surface area contributed by atoms with E-state index in [0.29, 0.717) is 42.7 Å². The molecule has 0 atom stereocenters. The molecule has 38 heavy (non-hydrogen) atoms. The fourth-order valence-electron chi connectivity index (χ4n) is 4.00. The molecule has 0 radical (unpaired) electrons. The number of carbonyl (C=O) groups is 1. The summed E-state index contributed by atoms with van der Waals surface area (Å²) < 4.78 is 52.6. The minimum Gasteiger partial charge on any atom is -0.477 e. The summed E-state index contributed by atoms with van der Waals surface area (Å²) in [6.45, 7) is 5.40. The maximum absolute atomic E-state index is 13.8. The number of aromatic amines is 1. The molecule has 0 aliphatic carbocycles. The lowest BCUT2D eigenvalue weighted by Gasteiger charge is -2.21. The molecule has 1 amide bonds. The van der Waals surface area contributed by atoms with E-state index in [2.05, 4.69) is 20.3 Å². The first-order valence-corrected chi connectivity index (χ1v) is 12.4. The number of nitrogens with zero attached hydrogens (tertiary/aromatic N) is 2. The molecule has 1 aromatic carbocycles. The number of halogens is 3. The maximum Gasteiger partial charge on any atom is 0.417 e. The van der Waals surface area contributed by atoms with Gasteiger partial charge in [-0.3, -0.25) is 9.59 Å². The monoisotopic (exact) mass is 530 g/mol. The van der Waals surface area contributed by atoms with E-state index >= 15 is 0 Å². The Morgan fingerprint density at radius 2 is 1.95 bits per heavy atom. The largest absolute Gasteiger partial charge is 0.477 e. The molecule has 3 aromatic rings. The predicted octanol–water partition coefficient (Wildman–Crippen LogP) is 4.60. The highest BCUT2D eigenvalue weighted by Crippen LogP contribution is 2.36. The molecule has 0 unspecified atom stereocenters. The fourth-order valence-corrected chi connectivity index (χ4v) is 4.00. The van der Waals surface area contributed by atoms with Gasteiger partial charge < -0.3 is 19.8 Å². The van der Waals surface area contributed by atoms with Crippen molar-refractivity contribution in [2.24, 2.45) is 11.8 Å². The number of ether oxygens (including phenoxy) is 2. The third-order valence-corrected chi connectivity index (χ3v) is 6.22. The van der Waals surface area contributed by atoms with Crippen molar-refractivity contribution in [3.05, 3.63) is 64.1 Å². The molecule has 0 spiro atoms. The van der Waals surface area contributed by atoms with Crippen molar-refractivity contribution in [3.8, 4) is 28.5 Å². The van der Waals surface area contributed by atoms with Gasteiger partial charge in [0.15, 0.2) is 0 Å². The molecule has 1 saturated heterocycles. The molecular formula is C27H29F3N4O4. The van der Waals surface area contributed by atoms with E-state index in [9.17, 15) is 22.8 Å². The number of alkyl halides is 3. The van der Waals surface area contributed by atoms with Gasteiger partial charge in [0.1, 0.15) is 5.82 Å². The zero-order chi connectivity index (χ0) is 27.3. The summed E-state index contributed by atoms with van der Waals surface area (Å²) in [5.74, 6) is 0.0514. The van der Waals surface area contributed by atoms with Gasteiger partial charge in [0.25, 0.3) is 5.56 Å². The van der Waals surface area contributed by atoms with E-state index in [1.165, 1.54) is 24.4 Å². The quantitative estimate of drug-likeness (QED) is 0.441. The van der Waals surface area contributed by atoms with Crippen molar-refractivity contribution < 1.29 is 27.4 Å². The molecule has 1 aliphatic heterocycles. The van der Waals surface area contributed by atoms with Crippen molar-refractivity contribution in [2.45, 2.75) is 39.4 Å². The molecule has 202 valence electrons. The number of rotatable bonds is 8. The number of nitrogens with one attached hydrogen (secondary N) is 2. The Morgan fingerprint density at radius 3 is 2.61 bits per heavy atom. The van der Waals surface area contributed by atoms with E-state index in [-0.39, 0.29) is 35.5 Å². The van der Waals surface area contributed by atoms with Crippen LogP contribution in [0.2, 0.25) is 0 Å². The molecule has 1 aliphatic rings.